The first-order valence-electron chi connectivity index (χ1n) is 5.97. The Morgan fingerprint density at radius 1 is 1.47 bits per heavy atom. The second kappa shape index (κ2) is 5.81. The fraction of sp³-hybridized carbons (Fsp3) is 0.545. The summed E-state index contributed by atoms with van der Waals surface area (Å²) >= 11 is 0. The Bertz CT molecular complexity index is 530. The Morgan fingerprint density at radius 3 is 2.89 bits per heavy atom. The zero-order valence-corrected chi connectivity index (χ0v) is 10.6. The van der Waals surface area contributed by atoms with Crippen molar-refractivity contribution in [1.29, 1.82) is 0 Å². The number of aromatic amines is 2. The molecule has 1 aromatic rings. The largest absolute Gasteiger partial charge is 0.374 e. The van der Waals surface area contributed by atoms with Crippen LogP contribution in [0.15, 0.2) is 15.7 Å². The Labute approximate surface area is 108 Å². The fourth-order valence-corrected chi connectivity index (χ4v) is 1.91. The smallest absolute Gasteiger partial charge is 0.326 e. The molecule has 0 bridgehead atoms. The van der Waals surface area contributed by atoms with Crippen molar-refractivity contribution < 1.29 is 9.53 Å². The maximum atomic E-state index is 12.0. The van der Waals surface area contributed by atoms with Gasteiger partial charge in [0.15, 0.2) is 0 Å². The molecule has 0 spiro atoms. The average molecular weight is 268 g/mol. The summed E-state index contributed by atoms with van der Waals surface area (Å²) in [4.78, 5) is 40.0. The van der Waals surface area contributed by atoms with Crippen LogP contribution in [0.3, 0.4) is 0 Å². The van der Waals surface area contributed by atoms with E-state index in [-0.39, 0.29) is 11.8 Å². The van der Waals surface area contributed by atoms with E-state index < -0.39 is 17.2 Å². The first-order chi connectivity index (χ1) is 9.06. The van der Waals surface area contributed by atoms with Crippen molar-refractivity contribution in [2.24, 2.45) is 0 Å². The number of aromatic nitrogens is 2. The van der Waals surface area contributed by atoms with Crippen LogP contribution in [0, 0.1) is 0 Å². The molecular weight excluding hydrogens is 252 g/mol. The third-order valence-electron chi connectivity index (χ3n) is 2.82. The van der Waals surface area contributed by atoms with Gasteiger partial charge in [0.2, 0.25) is 0 Å². The molecule has 3 N–H and O–H groups in total. The summed E-state index contributed by atoms with van der Waals surface area (Å²) in [6.45, 7) is 2.47. The quantitative estimate of drug-likeness (QED) is 0.595. The van der Waals surface area contributed by atoms with Crippen LogP contribution < -0.4 is 16.6 Å². The summed E-state index contributed by atoms with van der Waals surface area (Å²) in [5.41, 5.74) is -1.32. The molecule has 104 valence electrons. The molecule has 1 atom stereocenters. The summed E-state index contributed by atoms with van der Waals surface area (Å²) in [5.74, 6) is -0.419. The molecule has 1 aliphatic heterocycles. The maximum Gasteiger partial charge on any atom is 0.326 e. The van der Waals surface area contributed by atoms with Gasteiger partial charge in [-0.25, -0.2) is 4.79 Å². The number of ether oxygens (including phenoxy) is 1. The van der Waals surface area contributed by atoms with Gasteiger partial charge in [-0.3, -0.25) is 14.6 Å². The van der Waals surface area contributed by atoms with Crippen LogP contribution in [-0.4, -0.2) is 60.2 Å². The number of carbonyl (C=O) groups excluding carboxylic acids is 1. The van der Waals surface area contributed by atoms with Crippen molar-refractivity contribution in [1.82, 2.24) is 20.2 Å². The van der Waals surface area contributed by atoms with E-state index in [0.29, 0.717) is 19.7 Å². The number of hydrogen-bond donors (Lipinski definition) is 3. The summed E-state index contributed by atoms with van der Waals surface area (Å²) in [5, 5.41) is 3.16. The number of rotatable bonds is 3. The molecule has 8 heteroatoms. The maximum absolute atomic E-state index is 12.0. The van der Waals surface area contributed by atoms with E-state index in [1.807, 2.05) is 4.98 Å². The zero-order valence-electron chi connectivity index (χ0n) is 10.6. The Kier molecular flexibility index (Phi) is 4.13. The van der Waals surface area contributed by atoms with E-state index in [1.165, 1.54) is 4.90 Å². The Morgan fingerprint density at radius 2 is 2.26 bits per heavy atom. The lowest BCUT2D eigenvalue weighted by Gasteiger charge is -2.27. The minimum absolute atomic E-state index is 0.0278. The highest BCUT2D eigenvalue weighted by Gasteiger charge is 2.20. The van der Waals surface area contributed by atoms with Crippen LogP contribution in [-0.2, 0) is 4.74 Å². The molecule has 2 rings (SSSR count). The number of carbonyl (C=O) groups is 1. The lowest BCUT2D eigenvalue weighted by Crippen LogP contribution is -2.46. The minimum Gasteiger partial charge on any atom is -0.374 e. The molecule has 1 aromatic heterocycles. The van der Waals surface area contributed by atoms with Crippen LogP contribution in [0.4, 0.5) is 0 Å². The predicted octanol–water partition coefficient (Wildman–Crippen LogP) is -1.88. The van der Waals surface area contributed by atoms with Gasteiger partial charge in [-0.2, -0.15) is 0 Å². The third kappa shape index (κ3) is 3.52. The molecule has 1 aliphatic rings. The number of likely N-dealkylation sites (N-methyl/N-ethyl adjacent to an activating group) is 1. The second-order valence-corrected chi connectivity index (χ2v) is 4.38. The van der Waals surface area contributed by atoms with Crippen LogP contribution in [0.2, 0.25) is 0 Å². The Hall–Kier alpha value is -1.93. The van der Waals surface area contributed by atoms with E-state index >= 15 is 0 Å². The van der Waals surface area contributed by atoms with Crippen molar-refractivity contribution in [3.63, 3.8) is 0 Å². The first kappa shape index (κ1) is 13.5. The average Bonchev–Trinajstić information content (AvgIpc) is 2.37. The first-order valence-corrected chi connectivity index (χ1v) is 5.97. The molecule has 19 heavy (non-hydrogen) atoms. The topological polar surface area (TPSA) is 107 Å². The van der Waals surface area contributed by atoms with Crippen molar-refractivity contribution in [2.45, 2.75) is 6.10 Å². The van der Waals surface area contributed by atoms with Crippen LogP contribution in [0.1, 0.15) is 10.5 Å². The van der Waals surface area contributed by atoms with Gasteiger partial charge in [-0.15, -0.1) is 0 Å². The summed E-state index contributed by atoms with van der Waals surface area (Å²) in [6, 6.07) is 1.07. The number of amides is 1. The van der Waals surface area contributed by atoms with E-state index in [0.717, 1.165) is 12.6 Å². The highest BCUT2D eigenvalue weighted by atomic mass is 16.5. The molecule has 1 fully saturated rings. The van der Waals surface area contributed by atoms with Crippen LogP contribution in [0.5, 0.6) is 0 Å². The van der Waals surface area contributed by atoms with Gasteiger partial charge in [0, 0.05) is 32.7 Å². The molecule has 8 nitrogen and oxygen atoms in total. The highest BCUT2D eigenvalue weighted by Crippen LogP contribution is 2.01. The van der Waals surface area contributed by atoms with Crippen molar-refractivity contribution in [3.8, 4) is 0 Å². The van der Waals surface area contributed by atoms with Crippen molar-refractivity contribution in [2.75, 3.05) is 33.3 Å². The molecule has 0 aliphatic carbocycles. The normalized spacial score (nSPS) is 19.1. The van der Waals surface area contributed by atoms with E-state index in [1.54, 1.807) is 7.05 Å². The molecule has 1 amide bonds. The van der Waals surface area contributed by atoms with Gasteiger partial charge in [-0.05, 0) is 0 Å². The summed E-state index contributed by atoms with van der Waals surface area (Å²) < 4.78 is 5.49. The van der Waals surface area contributed by atoms with Crippen LogP contribution >= 0.6 is 0 Å². The molecule has 0 saturated carbocycles. The number of morpholine rings is 1. The summed E-state index contributed by atoms with van der Waals surface area (Å²) in [6.07, 6.45) is -0.0866. The number of H-pyrrole nitrogens is 2. The van der Waals surface area contributed by atoms with Gasteiger partial charge < -0.3 is 19.9 Å². The molecule has 0 aromatic carbocycles. The molecule has 0 radical (unpaired) electrons. The van der Waals surface area contributed by atoms with Gasteiger partial charge >= 0.3 is 5.69 Å². The monoisotopic (exact) mass is 268 g/mol. The molecule has 1 saturated heterocycles. The van der Waals surface area contributed by atoms with Gasteiger partial charge in [0.1, 0.15) is 5.69 Å². The van der Waals surface area contributed by atoms with E-state index in [9.17, 15) is 14.4 Å². The standard InChI is InChI=1S/C11H16N4O4/c1-15(6-7-5-12-2-3-19-7)10(17)8-4-9(16)14-11(18)13-8/h4,7,12H,2-3,5-6H2,1H3,(H2,13,14,16,18). The lowest BCUT2D eigenvalue weighted by molar-refractivity contribution is 0.0102. The minimum atomic E-state index is -0.695. The zero-order chi connectivity index (χ0) is 13.8. The molecule has 1 unspecified atom stereocenters. The number of nitrogens with one attached hydrogen (secondary N) is 3. The van der Waals surface area contributed by atoms with Crippen LogP contribution in [0.25, 0.3) is 0 Å². The van der Waals surface area contributed by atoms with E-state index in [4.69, 9.17) is 4.74 Å². The van der Waals surface area contributed by atoms with Crippen molar-refractivity contribution >= 4 is 5.91 Å². The SMILES string of the molecule is CN(CC1CNCCO1)C(=O)c1cc(=O)[nH]c(=O)[nH]1. The molecular formula is C11H16N4O4. The second-order valence-electron chi connectivity index (χ2n) is 4.38. The van der Waals surface area contributed by atoms with Crippen molar-refractivity contribution in [3.05, 3.63) is 32.6 Å². The van der Waals surface area contributed by atoms with Gasteiger partial charge in [0.05, 0.1) is 12.7 Å². The fourth-order valence-electron chi connectivity index (χ4n) is 1.91. The Balaban J connectivity index is 2.05. The summed E-state index contributed by atoms with van der Waals surface area (Å²) in [7, 11) is 1.60. The van der Waals surface area contributed by atoms with Gasteiger partial charge in [0.25, 0.3) is 11.5 Å². The van der Waals surface area contributed by atoms with E-state index in [2.05, 4.69) is 10.3 Å². The number of hydrogen-bond acceptors (Lipinski definition) is 5. The molecule has 2 heterocycles. The predicted molar refractivity (Wildman–Crippen MR) is 67.3 cm³/mol. The lowest BCUT2D eigenvalue weighted by atomic mass is 10.2. The van der Waals surface area contributed by atoms with Gasteiger partial charge in [-0.1, -0.05) is 0 Å². The number of nitrogens with zero attached hydrogens (tertiary/aromatic N) is 1. The third-order valence-corrected chi connectivity index (χ3v) is 2.82. The highest BCUT2D eigenvalue weighted by molar-refractivity contribution is 5.91.